The average Bonchev–Trinajstić information content (AvgIpc) is 2.53. The summed E-state index contributed by atoms with van der Waals surface area (Å²) in [6.07, 6.45) is 0. The van der Waals surface area contributed by atoms with E-state index in [4.69, 9.17) is 15.2 Å². The molecule has 6 nitrogen and oxygen atoms in total. The van der Waals surface area contributed by atoms with Gasteiger partial charge in [-0.15, -0.1) is 0 Å². The second-order valence-electron chi connectivity index (χ2n) is 5.52. The number of nitrogens with two attached hydrogens (primary N) is 1. The van der Waals surface area contributed by atoms with Crippen molar-refractivity contribution in [3.05, 3.63) is 52.4 Å². The maximum atomic E-state index is 12.5. The first kappa shape index (κ1) is 17.6. The molecule has 1 heterocycles. The molecule has 1 aliphatic rings. The Morgan fingerprint density at radius 1 is 1.17 bits per heavy atom. The van der Waals surface area contributed by atoms with E-state index in [0.29, 0.717) is 28.2 Å². The Bertz CT molecular complexity index is 734. The first-order valence-electron chi connectivity index (χ1n) is 7.70. The second kappa shape index (κ2) is 7.21. The van der Waals surface area contributed by atoms with Gasteiger partial charge in [0, 0.05) is 17.1 Å². The first-order chi connectivity index (χ1) is 11.4. The van der Waals surface area contributed by atoms with Crippen LogP contribution in [0.5, 0.6) is 0 Å². The van der Waals surface area contributed by atoms with Crippen molar-refractivity contribution in [1.82, 2.24) is 5.32 Å². The fraction of sp³-hybridized carbons (Fsp3) is 0.333. The molecule has 0 saturated heterocycles. The molecular formula is C18H22N2O4. The number of rotatable bonds is 4. The molecule has 6 heteroatoms. The number of dihydropyridines is 1. The highest BCUT2D eigenvalue weighted by Crippen LogP contribution is 2.39. The van der Waals surface area contributed by atoms with Gasteiger partial charge in [-0.1, -0.05) is 12.1 Å². The summed E-state index contributed by atoms with van der Waals surface area (Å²) < 4.78 is 10.1. The molecule has 1 atom stereocenters. The van der Waals surface area contributed by atoms with E-state index in [2.05, 4.69) is 5.32 Å². The number of ether oxygens (including phenoxy) is 2. The lowest BCUT2D eigenvalue weighted by molar-refractivity contribution is -0.139. The van der Waals surface area contributed by atoms with Crippen LogP contribution < -0.4 is 11.1 Å². The number of hydrogen-bond acceptors (Lipinski definition) is 6. The van der Waals surface area contributed by atoms with Crippen molar-refractivity contribution in [2.24, 2.45) is 0 Å². The Morgan fingerprint density at radius 2 is 1.79 bits per heavy atom. The van der Waals surface area contributed by atoms with Crippen molar-refractivity contribution in [2.45, 2.75) is 26.7 Å². The molecule has 1 aromatic carbocycles. The number of carbonyl (C=O) groups excluding carboxylic acids is 2. The molecule has 0 amide bonds. The van der Waals surface area contributed by atoms with Gasteiger partial charge in [-0.2, -0.15) is 0 Å². The normalized spacial score (nSPS) is 17.4. The van der Waals surface area contributed by atoms with Gasteiger partial charge in [0.15, 0.2) is 0 Å². The zero-order valence-electron chi connectivity index (χ0n) is 14.3. The fourth-order valence-corrected chi connectivity index (χ4v) is 2.93. The quantitative estimate of drug-likeness (QED) is 0.650. The van der Waals surface area contributed by atoms with E-state index in [9.17, 15) is 9.59 Å². The highest BCUT2D eigenvalue weighted by Gasteiger charge is 2.37. The molecule has 0 radical (unpaired) electrons. The third-order valence-corrected chi connectivity index (χ3v) is 3.91. The summed E-state index contributed by atoms with van der Waals surface area (Å²) >= 11 is 0. The largest absolute Gasteiger partial charge is 0.466 e. The third-order valence-electron chi connectivity index (χ3n) is 3.91. The molecule has 1 unspecified atom stereocenters. The lowest BCUT2D eigenvalue weighted by Crippen LogP contribution is -2.32. The Balaban J connectivity index is 2.66. The molecule has 1 aromatic rings. The predicted octanol–water partition coefficient (Wildman–Crippen LogP) is 2.24. The number of esters is 2. The Morgan fingerprint density at radius 3 is 2.33 bits per heavy atom. The van der Waals surface area contributed by atoms with Crippen LogP contribution in [0.25, 0.3) is 0 Å². The van der Waals surface area contributed by atoms with Crippen LogP contribution in [0.3, 0.4) is 0 Å². The molecule has 0 bridgehead atoms. The van der Waals surface area contributed by atoms with Crippen molar-refractivity contribution in [3.8, 4) is 0 Å². The minimum absolute atomic E-state index is 0.246. The van der Waals surface area contributed by atoms with Crippen LogP contribution in [0.15, 0.2) is 46.8 Å². The lowest BCUT2D eigenvalue weighted by atomic mass is 9.80. The summed E-state index contributed by atoms with van der Waals surface area (Å²) in [5.41, 5.74) is 9.21. The first-order valence-corrected chi connectivity index (χ1v) is 7.70. The second-order valence-corrected chi connectivity index (χ2v) is 5.52. The summed E-state index contributed by atoms with van der Waals surface area (Å²) in [5.74, 6) is -1.56. The molecule has 3 N–H and O–H groups in total. The maximum absolute atomic E-state index is 12.5. The molecule has 128 valence electrons. The molecule has 0 saturated carbocycles. The molecular weight excluding hydrogens is 308 g/mol. The van der Waals surface area contributed by atoms with Crippen LogP contribution in [0.4, 0.5) is 5.69 Å². The van der Waals surface area contributed by atoms with E-state index in [0.717, 1.165) is 5.56 Å². The van der Waals surface area contributed by atoms with E-state index >= 15 is 0 Å². The van der Waals surface area contributed by atoms with Crippen LogP contribution in [-0.4, -0.2) is 25.7 Å². The van der Waals surface area contributed by atoms with Gasteiger partial charge in [-0.05, 0) is 38.5 Å². The van der Waals surface area contributed by atoms with Crippen molar-refractivity contribution in [2.75, 3.05) is 19.5 Å². The van der Waals surface area contributed by atoms with Crippen molar-refractivity contribution < 1.29 is 19.1 Å². The summed E-state index contributed by atoms with van der Waals surface area (Å²) in [6, 6.07) is 7.11. The van der Waals surface area contributed by atoms with Crippen LogP contribution in [0.1, 0.15) is 32.3 Å². The van der Waals surface area contributed by atoms with Gasteiger partial charge >= 0.3 is 11.9 Å². The minimum Gasteiger partial charge on any atom is -0.466 e. The van der Waals surface area contributed by atoms with Gasteiger partial charge in [-0.25, -0.2) is 9.59 Å². The fourth-order valence-electron chi connectivity index (χ4n) is 2.93. The molecule has 2 rings (SSSR count). The van der Waals surface area contributed by atoms with Crippen molar-refractivity contribution in [3.63, 3.8) is 0 Å². The van der Waals surface area contributed by atoms with Gasteiger partial charge in [0.05, 0.1) is 30.8 Å². The molecule has 0 fully saturated rings. The van der Waals surface area contributed by atoms with Crippen molar-refractivity contribution in [1.29, 1.82) is 0 Å². The number of carbonyl (C=O) groups is 2. The highest BCUT2D eigenvalue weighted by molar-refractivity contribution is 5.99. The van der Waals surface area contributed by atoms with Gasteiger partial charge in [0.1, 0.15) is 0 Å². The summed E-state index contributed by atoms with van der Waals surface area (Å²) in [4.78, 5) is 24.9. The van der Waals surface area contributed by atoms with Crippen LogP contribution in [0.2, 0.25) is 0 Å². The van der Waals surface area contributed by atoms with Gasteiger partial charge < -0.3 is 20.5 Å². The monoisotopic (exact) mass is 330 g/mol. The number of benzene rings is 1. The SMILES string of the molecule is CCOC(=O)C1=C(C)NC(C)=C(C(=O)OC)C1c1cccc(N)c1. The highest BCUT2D eigenvalue weighted by atomic mass is 16.5. The summed E-state index contributed by atoms with van der Waals surface area (Å²) in [7, 11) is 1.31. The minimum atomic E-state index is -0.596. The average molecular weight is 330 g/mol. The predicted molar refractivity (Wildman–Crippen MR) is 90.8 cm³/mol. The molecule has 24 heavy (non-hydrogen) atoms. The standard InChI is InChI=1S/C18H22N2O4/c1-5-24-18(22)15-11(3)20-10(2)14(17(21)23-4)16(15)12-7-6-8-13(19)9-12/h6-9,16,20H,5,19H2,1-4H3. The zero-order valence-corrected chi connectivity index (χ0v) is 14.3. The van der Waals surface area contributed by atoms with Crippen molar-refractivity contribution >= 4 is 17.6 Å². The van der Waals surface area contributed by atoms with E-state index in [-0.39, 0.29) is 6.61 Å². The lowest BCUT2D eigenvalue weighted by Gasteiger charge is -2.30. The molecule has 1 aliphatic heterocycles. The topological polar surface area (TPSA) is 90.6 Å². The molecule has 0 aromatic heterocycles. The van der Waals surface area contributed by atoms with Crippen LogP contribution >= 0.6 is 0 Å². The van der Waals surface area contributed by atoms with E-state index in [1.807, 2.05) is 6.07 Å². The Labute approximate surface area is 141 Å². The third kappa shape index (κ3) is 3.27. The number of nitrogen functional groups attached to an aromatic ring is 1. The summed E-state index contributed by atoms with van der Waals surface area (Å²) in [5, 5.41) is 3.07. The number of nitrogens with one attached hydrogen (secondary N) is 1. The summed E-state index contributed by atoms with van der Waals surface area (Å²) in [6.45, 7) is 5.54. The Hall–Kier alpha value is -2.76. The van der Waals surface area contributed by atoms with Gasteiger partial charge in [0.2, 0.25) is 0 Å². The van der Waals surface area contributed by atoms with Gasteiger partial charge in [-0.3, -0.25) is 0 Å². The molecule has 0 spiro atoms. The number of methoxy groups -OCH3 is 1. The zero-order chi connectivity index (χ0) is 17.9. The van der Waals surface area contributed by atoms with Gasteiger partial charge in [0.25, 0.3) is 0 Å². The number of anilines is 1. The Kier molecular flexibility index (Phi) is 5.28. The smallest absolute Gasteiger partial charge is 0.336 e. The number of hydrogen-bond donors (Lipinski definition) is 2. The van der Waals surface area contributed by atoms with Crippen LogP contribution in [-0.2, 0) is 19.1 Å². The maximum Gasteiger partial charge on any atom is 0.336 e. The van der Waals surface area contributed by atoms with E-state index in [1.54, 1.807) is 39.0 Å². The van der Waals surface area contributed by atoms with E-state index in [1.165, 1.54) is 7.11 Å². The van der Waals surface area contributed by atoms with Crippen LogP contribution in [0, 0.1) is 0 Å². The number of allylic oxidation sites excluding steroid dienone is 2. The van der Waals surface area contributed by atoms with E-state index < -0.39 is 17.9 Å². The molecule has 0 aliphatic carbocycles.